The van der Waals surface area contributed by atoms with Crippen LogP contribution in [0.5, 0.6) is 0 Å². The molecule has 2 aliphatic heterocycles. The van der Waals surface area contributed by atoms with Gasteiger partial charge in [0, 0.05) is 19.6 Å². The van der Waals surface area contributed by atoms with E-state index in [-0.39, 0.29) is 30.2 Å². The highest BCUT2D eigenvalue weighted by Crippen LogP contribution is 2.38. The topological polar surface area (TPSA) is 60.9 Å². The molecule has 1 aliphatic carbocycles. The smallest absolute Gasteiger partial charge is 0.233 e. The van der Waals surface area contributed by atoms with Crippen LogP contribution in [-0.4, -0.2) is 52.5 Å². The lowest BCUT2D eigenvalue weighted by atomic mass is 9.81. The van der Waals surface area contributed by atoms with Crippen LogP contribution < -0.4 is 0 Å². The van der Waals surface area contributed by atoms with Gasteiger partial charge in [0.25, 0.3) is 0 Å². The molecule has 2 fully saturated rings. The molecule has 1 aromatic carbocycles. The average Bonchev–Trinajstić information content (AvgIpc) is 2.87. The Bertz CT molecular complexity index is 651. The molecule has 0 aromatic heterocycles. The van der Waals surface area contributed by atoms with E-state index in [9.17, 15) is 14.7 Å². The summed E-state index contributed by atoms with van der Waals surface area (Å²) in [6, 6.07) is 8.40. The van der Waals surface area contributed by atoms with Crippen molar-refractivity contribution in [1.29, 1.82) is 0 Å². The van der Waals surface area contributed by atoms with E-state index in [4.69, 9.17) is 0 Å². The van der Waals surface area contributed by atoms with Crippen LogP contribution in [0.4, 0.5) is 0 Å². The van der Waals surface area contributed by atoms with E-state index in [1.165, 1.54) is 16.0 Å². The maximum absolute atomic E-state index is 12.5. The number of fused-ring (bicyclic) bond motifs is 2. The van der Waals surface area contributed by atoms with Crippen molar-refractivity contribution in [3.8, 4) is 0 Å². The SMILES string of the molecule is O=C1[C@H]2CCCC[C@H]2C(=O)N1C[C@@H](O)CN1CCc2ccccc2C1. The molecule has 134 valence electrons. The Kier molecular flexibility index (Phi) is 4.61. The van der Waals surface area contributed by atoms with Crippen LogP contribution in [0.25, 0.3) is 0 Å². The number of benzene rings is 1. The predicted octanol–water partition coefficient (Wildman–Crippen LogP) is 1.58. The molecule has 3 atom stereocenters. The highest BCUT2D eigenvalue weighted by Gasteiger charge is 2.48. The largest absolute Gasteiger partial charge is 0.390 e. The fourth-order valence-electron chi connectivity index (χ4n) is 4.69. The first-order valence-corrected chi connectivity index (χ1v) is 9.46. The molecule has 1 aromatic rings. The van der Waals surface area contributed by atoms with Crippen molar-refractivity contribution < 1.29 is 14.7 Å². The Hall–Kier alpha value is -1.72. The molecule has 0 bridgehead atoms. The molecule has 5 nitrogen and oxygen atoms in total. The van der Waals surface area contributed by atoms with E-state index in [1.54, 1.807) is 0 Å². The molecule has 0 unspecified atom stereocenters. The molecule has 25 heavy (non-hydrogen) atoms. The second-order valence-corrected chi connectivity index (χ2v) is 7.69. The third kappa shape index (κ3) is 3.23. The lowest BCUT2D eigenvalue weighted by molar-refractivity contribution is -0.141. The van der Waals surface area contributed by atoms with Gasteiger partial charge in [0.2, 0.25) is 11.8 Å². The summed E-state index contributed by atoms with van der Waals surface area (Å²) in [5.74, 6) is -0.374. The van der Waals surface area contributed by atoms with Crippen molar-refractivity contribution in [1.82, 2.24) is 9.80 Å². The summed E-state index contributed by atoms with van der Waals surface area (Å²) >= 11 is 0. The van der Waals surface area contributed by atoms with Gasteiger partial charge in [-0.25, -0.2) is 0 Å². The van der Waals surface area contributed by atoms with Crippen LogP contribution in [0.3, 0.4) is 0 Å². The fourth-order valence-corrected chi connectivity index (χ4v) is 4.69. The van der Waals surface area contributed by atoms with E-state index in [2.05, 4.69) is 23.1 Å². The summed E-state index contributed by atoms with van der Waals surface area (Å²) in [4.78, 5) is 28.6. The summed E-state index contributed by atoms with van der Waals surface area (Å²) in [7, 11) is 0. The zero-order chi connectivity index (χ0) is 17.4. The number of rotatable bonds is 4. The standard InChI is InChI=1S/C20H26N2O3/c23-16(12-21-10-9-14-5-1-2-6-15(14)11-21)13-22-19(24)17-7-3-4-8-18(17)20(22)25/h1-2,5-6,16-18,23H,3-4,7-13H2/t16-,17-,18+/m0/s1. The predicted molar refractivity (Wildman–Crippen MR) is 93.6 cm³/mol. The lowest BCUT2D eigenvalue weighted by Crippen LogP contribution is -2.44. The molecule has 2 amide bonds. The van der Waals surface area contributed by atoms with Crippen molar-refractivity contribution in [2.45, 2.75) is 44.8 Å². The molecule has 1 saturated carbocycles. The maximum atomic E-state index is 12.5. The van der Waals surface area contributed by atoms with Gasteiger partial charge in [0.1, 0.15) is 0 Å². The first-order valence-electron chi connectivity index (χ1n) is 9.46. The van der Waals surface area contributed by atoms with Crippen LogP contribution in [0.15, 0.2) is 24.3 Å². The van der Waals surface area contributed by atoms with Crippen LogP contribution in [0.2, 0.25) is 0 Å². The summed E-state index contributed by atoms with van der Waals surface area (Å²) in [6.45, 7) is 2.37. The van der Waals surface area contributed by atoms with Crippen LogP contribution in [0.1, 0.15) is 36.8 Å². The molecule has 0 radical (unpaired) electrons. The van der Waals surface area contributed by atoms with Gasteiger partial charge in [-0.05, 0) is 30.4 Å². The van der Waals surface area contributed by atoms with E-state index in [0.717, 1.165) is 45.2 Å². The zero-order valence-electron chi connectivity index (χ0n) is 14.6. The Morgan fingerprint density at radius 1 is 1.00 bits per heavy atom. The normalized spacial score (nSPS) is 28.0. The first kappa shape index (κ1) is 16.7. The minimum Gasteiger partial charge on any atom is -0.390 e. The Morgan fingerprint density at radius 2 is 1.64 bits per heavy atom. The van der Waals surface area contributed by atoms with E-state index >= 15 is 0 Å². The average molecular weight is 342 g/mol. The Morgan fingerprint density at radius 3 is 2.32 bits per heavy atom. The number of carbonyl (C=O) groups excluding carboxylic acids is 2. The van der Waals surface area contributed by atoms with E-state index in [0.29, 0.717) is 6.54 Å². The van der Waals surface area contributed by atoms with Crippen LogP contribution in [-0.2, 0) is 22.6 Å². The monoisotopic (exact) mass is 342 g/mol. The van der Waals surface area contributed by atoms with Gasteiger partial charge >= 0.3 is 0 Å². The molecular formula is C20H26N2O3. The van der Waals surface area contributed by atoms with E-state index < -0.39 is 6.10 Å². The van der Waals surface area contributed by atoms with Crippen molar-refractivity contribution >= 4 is 11.8 Å². The van der Waals surface area contributed by atoms with Gasteiger partial charge in [0.05, 0.1) is 24.5 Å². The van der Waals surface area contributed by atoms with Gasteiger partial charge in [-0.15, -0.1) is 0 Å². The van der Waals surface area contributed by atoms with Crippen molar-refractivity contribution in [2.24, 2.45) is 11.8 Å². The van der Waals surface area contributed by atoms with E-state index in [1.807, 2.05) is 6.07 Å². The quantitative estimate of drug-likeness (QED) is 0.844. The highest BCUT2D eigenvalue weighted by molar-refractivity contribution is 6.05. The highest BCUT2D eigenvalue weighted by atomic mass is 16.3. The lowest BCUT2D eigenvalue weighted by Gasteiger charge is -2.31. The van der Waals surface area contributed by atoms with Crippen molar-refractivity contribution in [2.75, 3.05) is 19.6 Å². The molecule has 0 spiro atoms. The number of aliphatic hydroxyl groups is 1. The number of amides is 2. The number of hydrogen-bond acceptors (Lipinski definition) is 4. The number of β-amino-alcohol motifs (C(OH)–C–C–N with tert-alkyl or cyclic N) is 1. The second-order valence-electron chi connectivity index (χ2n) is 7.69. The minimum absolute atomic E-state index is 0.0576. The molecule has 5 heteroatoms. The number of aliphatic hydroxyl groups excluding tert-OH is 1. The first-order chi connectivity index (χ1) is 12.1. The summed E-state index contributed by atoms with van der Waals surface area (Å²) < 4.78 is 0. The molecule has 1 saturated heterocycles. The van der Waals surface area contributed by atoms with Gasteiger partial charge in [-0.2, -0.15) is 0 Å². The summed E-state index contributed by atoms with van der Waals surface area (Å²) in [5.41, 5.74) is 2.68. The second kappa shape index (κ2) is 6.89. The van der Waals surface area contributed by atoms with Crippen LogP contribution in [0, 0.1) is 11.8 Å². The summed E-state index contributed by atoms with van der Waals surface area (Å²) in [5, 5.41) is 10.5. The number of likely N-dealkylation sites (tertiary alicyclic amines) is 1. The number of imide groups is 1. The number of hydrogen-bond donors (Lipinski definition) is 1. The maximum Gasteiger partial charge on any atom is 0.233 e. The third-order valence-electron chi connectivity index (χ3n) is 6.00. The fraction of sp³-hybridized carbons (Fsp3) is 0.600. The van der Waals surface area contributed by atoms with Crippen molar-refractivity contribution in [3.63, 3.8) is 0 Å². The van der Waals surface area contributed by atoms with Gasteiger partial charge in [0.15, 0.2) is 0 Å². The minimum atomic E-state index is -0.682. The van der Waals surface area contributed by atoms with Gasteiger partial charge in [-0.3, -0.25) is 19.4 Å². The number of nitrogens with zero attached hydrogens (tertiary/aromatic N) is 2. The molecular weight excluding hydrogens is 316 g/mol. The third-order valence-corrected chi connectivity index (χ3v) is 6.00. The van der Waals surface area contributed by atoms with Crippen LogP contribution >= 0.6 is 0 Å². The molecule has 1 N–H and O–H groups in total. The summed E-state index contributed by atoms with van der Waals surface area (Å²) in [6.07, 6.45) is 4.01. The Balaban J connectivity index is 1.36. The number of carbonyl (C=O) groups is 2. The molecule has 3 aliphatic rings. The van der Waals surface area contributed by atoms with Gasteiger partial charge < -0.3 is 5.11 Å². The Labute approximate surface area is 148 Å². The van der Waals surface area contributed by atoms with Gasteiger partial charge in [-0.1, -0.05) is 37.1 Å². The zero-order valence-corrected chi connectivity index (χ0v) is 14.6. The molecule has 4 rings (SSSR count). The molecule has 2 heterocycles. The van der Waals surface area contributed by atoms with Crippen molar-refractivity contribution in [3.05, 3.63) is 35.4 Å².